The molecule has 4 heteroatoms. The maximum Gasteiger partial charge on any atom is 0.159 e. The van der Waals surface area contributed by atoms with Crippen molar-refractivity contribution in [2.24, 2.45) is 0 Å². The minimum absolute atomic E-state index is 0.855. The molecule has 0 atom stereocenters. The van der Waals surface area contributed by atoms with Gasteiger partial charge in [0.15, 0.2) is 11.2 Å². The lowest BCUT2D eigenvalue weighted by Crippen LogP contribution is -2.12. The zero-order chi connectivity index (χ0) is 49.6. The fourth-order valence-electron chi connectivity index (χ4n) is 12.1. The Kier molecular flexibility index (Phi) is 10.2. The van der Waals surface area contributed by atoms with Crippen LogP contribution < -0.4 is 9.80 Å². The molecule has 74 heavy (non-hydrogen) atoms. The second-order valence-electron chi connectivity index (χ2n) is 19.8. The minimum Gasteiger partial charge on any atom is -0.453 e. The van der Waals surface area contributed by atoms with Gasteiger partial charge in [-0.1, -0.05) is 184 Å². The number of furan rings is 2. The van der Waals surface area contributed by atoms with Crippen LogP contribution in [0.15, 0.2) is 227 Å². The number of anilines is 6. The lowest BCUT2D eigenvalue weighted by atomic mass is 9.91. The lowest BCUT2D eigenvalue weighted by molar-refractivity contribution is 0.669. The van der Waals surface area contributed by atoms with Crippen LogP contribution >= 0.6 is 0 Å². The zero-order valence-corrected chi connectivity index (χ0v) is 41.9. The number of hydrogen-bond acceptors (Lipinski definition) is 4. The SMILES string of the molecule is CCc1ccccc1-c1cccc2c1oc1c(N(c3cccc(C)c3)c3ccc4ccc5c(N(c6cccc(C)c6)c6cccc7c6oc6c(-c8ccccc8CC)cccc67)ccc6ccc3c4c65)cccc12. The zero-order valence-electron chi connectivity index (χ0n) is 41.9. The Balaban J connectivity index is 1.00. The quantitative estimate of drug-likeness (QED) is 0.128. The molecule has 2 heterocycles. The molecule has 0 bridgehead atoms. The van der Waals surface area contributed by atoms with Crippen molar-refractivity contribution in [3.05, 3.63) is 241 Å². The highest BCUT2D eigenvalue weighted by Gasteiger charge is 2.27. The number of benzene rings is 12. The highest BCUT2D eigenvalue weighted by Crippen LogP contribution is 2.51. The van der Waals surface area contributed by atoms with Gasteiger partial charge in [0.25, 0.3) is 0 Å². The third kappa shape index (κ3) is 6.75. The molecule has 0 saturated carbocycles. The molecule has 0 N–H and O–H groups in total. The van der Waals surface area contributed by atoms with E-state index in [9.17, 15) is 0 Å². The molecule has 0 spiro atoms. The van der Waals surface area contributed by atoms with Gasteiger partial charge in [0, 0.05) is 54.8 Å². The van der Waals surface area contributed by atoms with Crippen molar-refractivity contribution in [1.82, 2.24) is 0 Å². The van der Waals surface area contributed by atoms with E-state index in [1.54, 1.807) is 0 Å². The number of para-hydroxylation sites is 4. The number of aryl methyl sites for hydroxylation is 4. The van der Waals surface area contributed by atoms with Crippen LogP contribution in [0.2, 0.25) is 0 Å². The third-order valence-electron chi connectivity index (χ3n) is 15.5. The lowest BCUT2D eigenvalue weighted by Gasteiger charge is -2.29. The molecule has 14 aromatic rings. The topological polar surface area (TPSA) is 32.8 Å². The Labute approximate surface area is 430 Å². The van der Waals surface area contributed by atoms with Crippen LogP contribution in [0.3, 0.4) is 0 Å². The molecule has 0 unspecified atom stereocenters. The van der Waals surface area contributed by atoms with Gasteiger partial charge in [-0.3, -0.25) is 0 Å². The summed E-state index contributed by atoms with van der Waals surface area (Å²) in [5.41, 5.74) is 19.4. The van der Waals surface area contributed by atoms with E-state index in [1.165, 1.54) is 54.9 Å². The maximum absolute atomic E-state index is 7.22. The van der Waals surface area contributed by atoms with Crippen LogP contribution in [0, 0.1) is 13.8 Å². The molecular weight excluding hydrogens is 901 g/mol. The number of fused-ring (bicyclic) bond motifs is 6. The van der Waals surface area contributed by atoms with Crippen molar-refractivity contribution >= 4 is 110 Å². The van der Waals surface area contributed by atoms with Crippen molar-refractivity contribution in [1.29, 1.82) is 0 Å². The van der Waals surface area contributed by atoms with Crippen molar-refractivity contribution in [2.45, 2.75) is 40.5 Å². The van der Waals surface area contributed by atoms with E-state index in [1.807, 2.05) is 0 Å². The smallest absolute Gasteiger partial charge is 0.159 e. The second-order valence-corrected chi connectivity index (χ2v) is 19.8. The van der Waals surface area contributed by atoms with Gasteiger partial charge in [0.05, 0.1) is 22.7 Å². The van der Waals surface area contributed by atoms with Gasteiger partial charge in [0.2, 0.25) is 0 Å². The highest BCUT2D eigenvalue weighted by atomic mass is 16.3. The first-order valence-corrected chi connectivity index (χ1v) is 25.9. The molecule has 12 aromatic carbocycles. The summed E-state index contributed by atoms with van der Waals surface area (Å²) in [6.45, 7) is 8.78. The summed E-state index contributed by atoms with van der Waals surface area (Å²) in [7, 11) is 0. The molecule has 14 rings (SSSR count). The van der Waals surface area contributed by atoms with E-state index in [4.69, 9.17) is 8.83 Å². The van der Waals surface area contributed by atoms with Crippen LogP contribution in [-0.2, 0) is 12.8 Å². The Hall–Kier alpha value is -9.12. The van der Waals surface area contributed by atoms with Gasteiger partial charge in [-0.05, 0) is 130 Å². The van der Waals surface area contributed by atoms with E-state index in [0.717, 1.165) is 113 Å². The number of hydrogen-bond donors (Lipinski definition) is 0. The van der Waals surface area contributed by atoms with E-state index in [2.05, 4.69) is 256 Å². The summed E-state index contributed by atoms with van der Waals surface area (Å²) in [6, 6.07) is 79.8. The monoisotopic (exact) mass is 952 g/mol. The standard InChI is InChI=1S/C70H52N2O2/c1-5-45-19-7-9-23-51(45)53-25-13-27-55-57-29-15-31-63(69(57)73-67(53)55)71(49-21-11-17-43(3)41-49)61-39-35-47-34-38-60-62(40-36-48-33-37-59(61)65(47)66(48)60)72(50-22-12-18-44(4)42-50)64-32-16-30-58-56-28-14-26-54(68(56)74-70(58)64)52-24-10-8-20-46(52)6-2/h7-42H,5-6H2,1-4H3. The Morgan fingerprint density at radius 3 is 1.12 bits per heavy atom. The average Bonchev–Trinajstić information content (AvgIpc) is 4.05. The van der Waals surface area contributed by atoms with Crippen LogP contribution in [0.4, 0.5) is 34.1 Å². The largest absolute Gasteiger partial charge is 0.453 e. The fraction of sp³-hybridized carbons (Fsp3) is 0.0857. The molecule has 0 aliphatic rings. The molecule has 0 amide bonds. The van der Waals surface area contributed by atoms with Gasteiger partial charge < -0.3 is 18.6 Å². The second kappa shape index (κ2) is 17.3. The predicted molar refractivity (Wildman–Crippen MR) is 313 cm³/mol. The van der Waals surface area contributed by atoms with Gasteiger partial charge in [0.1, 0.15) is 11.2 Å². The first-order chi connectivity index (χ1) is 36.4. The van der Waals surface area contributed by atoms with Gasteiger partial charge in [-0.25, -0.2) is 0 Å². The molecular formula is C70H52N2O2. The van der Waals surface area contributed by atoms with Crippen molar-refractivity contribution < 1.29 is 8.83 Å². The van der Waals surface area contributed by atoms with Crippen molar-refractivity contribution in [2.75, 3.05) is 9.80 Å². The number of nitrogens with zero attached hydrogens (tertiary/aromatic N) is 2. The van der Waals surface area contributed by atoms with Crippen molar-refractivity contribution in [3.63, 3.8) is 0 Å². The molecule has 0 radical (unpaired) electrons. The Morgan fingerprint density at radius 2 is 0.689 bits per heavy atom. The Morgan fingerprint density at radius 1 is 0.311 bits per heavy atom. The molecule has 4 nitrogen and oxygen atoms in total. The van der Waals surface area contributed by atoms with Crippen LogP contribution in [0.1, 0.15) is 36.1 Å². The van der Waals surface area contributed by atoms with E-state index < -0.39 is 0 Å². The van der Waals surface area contributed by atoms with E-state index in [0.29, 0.717) is 0 Å². The van der Waals surface area contributed by atoms with Crippen LogP contribution in [-0.4, -0.2) is 0 Å². The molecule has 0 aliphatic heterocycles. The summed E-state index contributed by atoms with van der Waals surface area (Å²) in [5.74, 6) is 0. The fourth-order valence-corrected chi connectivity index (χ4v) is 12.1. The molecule has 0 aliphatic carbocycles. The van der Waals surface area contributed by atoms with Crippen molar-refractivity contribution in [3.8, 4) is 22.3 Å². The minimum atomic E-state index is 0.855. The van der Waals surface area contributed by atoms with Crippen LogP contribution in [0.25, 0.3) is 98.4 Å². The first kappa shape index (κ1) is 43.7. The molecule has 354 valence electrons. The third-order valence-corrected chi connectivity index (χ3v) is 15.5. The summed E-state index contributed by atoms with van der Waals surface area (Å²) in [4.78, 5) is 4.83. The summed E-state index contributed by atoms with van der Waals surface area (Å²) < 4.78 is 14.4. The average molecular weight is 953 g/mol. The molecule has 2 aromatic heterocycles. The highest BCUT2D eigenvalue weighted by molar-refractivity contribution is 6.29. The molecule has 0 saturated heterocycles. The summed E-state index contributed by atoms with van der Waals surface area (Å²) >= 11 is 0. The predicted octanol–water partition coefficient (Wildman–Crippen LogP) is 20.4. The summed E-state index contributed by atoms with van der Waals surface area (Å²) in [5, 5.41) is 11.5. The van der Waals surface area contributed by atoms with Gasteiger partial charge >= 0.3 is 0 Å². The van der Waals surface area contributed by atoms with Crippen LogP contribution in [0.5, 0.6) is 0 Å². The van der Waals surface area contributed by atoms with E-state index in [-0.39, 0.29) is 0 Å². The Bertz CT molecular complexity index is 4230. The van der Waals surface area contributed by atoms with Gasteiger partial charge in [-0.2, -0.15) is 0 Å². The number of rotatable bonds is 10. The molecule has 0 fully saturated rings. The van der Waals surface area contributed by atoms with E-state index >= 15 is 0 Å². The first-order valence-electron chi connectivity index (χ1n) is 25.9. The normalized spacial score (nSPS) is 11.9. The van der Waals surface area contributed by atoms with Gasteiger partial charge in [-0.15, -0.1) is 0 Å². The summed E-state index contributed by atoms with van der Waals surface area (Å²) in [6.07, 6.45) is 1.87. The maximum atomic E-state index is 7.22.